The third kappa shape index (κ3) is 7.76. The lowest BCUT2D eigenvalue weighted by Crippen LogP contribution is -2.37. The molecule has 1 aromatic carbocycles. The van der Waals surface area contributed by atoms with Crippen molar-refractivity contribution in [1.82, 2.24) is 0 Å². The molecule has 29 heavy (non-hydrogen) atoms. The van der Waals surface area contributed by atoms with E-state index >= 15 is 0 Å². The number of anilines is 1. The van der Waals surface area contributed by atoms with Crippen LogP contribution in [0.3, 0.4) is 0 Å². The zero-order valence-corrected chi connectivity index (χ0v) is 20.9. The van der Waals surface area contributed by atoms with Crippen LogP contribution in [0.5, 0.6) is 0 Å². The molecule has 0 aliphatic heterocycles. The van der Waals surface area contributed by atoms with Crippen molar-refractivity contribution in [2.75, 3.05) is 11.9 Å². The van der Waals surface area contributed by atoms with Gasteiger partial charge in [0.2, 0.25) is 6.71 Å². The van der Waals surface area contributed by atoms with Crippen molar-refractivity contribution in [2.24, 2.45) is 0 Å². The summed E-state index contributed by atoms with van der Waals surface area (Å²) in [5.74, 6) is 0. The Kier molecular flexibility index (Phi) is 12.4. The number of para-hydroxylation sites is 1. The van der Waals surface area contributed by atoms with Gasteiger partial charge in [0, 0.05) is 18.4 Å². The van der Waals surface area contributed by atoms with Gasteiger partial charge in [-0.05, 0) is 37.3 Å². The molecule has 0 N–H and O–H groups in total. The molecular formula is C27H44BN. The predicted molar refractivity (Wildman–Crippen MR) is 138 cm³/mol. The number of hydrogen-bond acceptors (Lipinski definition) is 1. The quantitative estimate of drug-likeness (QED) is 0.339. The molecule has 0 saturated heterocycles. The van der Waals surface area contributed by atoms with Crippen LogP contribution in [0.2, 0.25) is 6.82 Å². The van der Waals surface area contributed by atoms with Crippen LogP contribution in [0.25, 0.3) is 0 Å². The van der Waals surface area contributed by atoms with Gasteiger partial charge in [-0.2, -0.15) is 0 Å². The fourth-order valence-electron chi connectivity index (χ4n) is 3.35. The van der Waals surface area contributed by atoms with E-state index in [0.29, 0.717) is 6.71 Å². The molecule has 0 bridgehead atoms. The first-order valence-electron chi connectivity index (χ1n) is 11.2. The van der Waals surface area contributed by atoms with Gasteiger partial charge in [0.15, 0.2) is 0 Å². The first-order chi connectivity index (χ1) is 13.7. The predicted octanol–water partition coefficient (Wildman–Crippen LogP) is 7.71. The van der Waals surface area contributed by atoms with Crippen molar-refractivity contribution in [2.45, 2.75) is 81.0 Å². The van der Waals surface area contributed by atoms with Crippen LogP contribution < -0.4 is 10.4 Å². The van der Waals surface area contributed by atoms with E-state index in [1.807, 2.05) is 13.8 Å². The normalized spacial score (nSPS) is 12.9. The molecule has 1 nitrogen and oxygen atoms in total. The highest BCUT2D eigenvalue weighted by Crippen LogP contribution is 2.33. The lowest BCUT2D eigenvalue weighted by Gasteiger charge is -2.33. The first kappa shape index (κ1) is 27.0. The van der Waals surface area contributed by atoms with E-state index < -0.39 is 0 Å². The lowest BCUT2D eigenvalue weighted by molar-refractivity contribution is 0.590. The zero-order valence-electron chi connectivity index (χ0n) is 20.9. The molecular weight excluding hydrogens is 349 g/mol. The molecule has 0 unspecified atom stereocenters. The highest BCUT2D eigenvalue weighted by atomic mass is 15.1. The topological polar surface area (TPSA) is 3.24 Å². The van der Waals surface area contributed by atoms with Gasteiger partial charge < -0.3 is 4.90 Å². The van der Waals surface area contributed by atoms with Gasteiger partial charge in [-0.1, -0.05) is 115 Å². The van der Waals surface area contributed by atoms with E-state index in [0.717, 1.165) is 6.42 Å². The lowest BCUT2D eigenvalue weighted by atomic mass is 9.41. The summed E-state index contributed by atoms with van der Waals surface area (Å²) < 4.78 is 0. The largest absolute Gasteiger partial charge is 0.348 e. The third-order valence-corrected chi connectivity index (χ3v) is 5.19. The first-order valence-corrected chi connectivity index (χ1v) is 11.2. The van der Waals surface area contributed by atoms with Gasteiger partial charge in [0.1, 0.15) is 0 Å². The fraction of sp³-hybridized carbons (Fsp3) is 0.481. The van der Waals surface area contributed by atoms with Gasteiger partial charge in [-0.15, -0.1) is 0 Å². The Bertz CT molecular complexity index is 729. The number of hydrogen-bond donors (Lipinski definition) is 0. The molecule has 0 atom stereocenters. The minimum absolute atomic E-state index is 0.0830. The van der Waals surface area contributed by atoms with E-state index in [1.165, 1.54) is 27.9 Å². The molecule has 0 fully saturated rings. The fourth-order valence-corrected chi connectivity index (χ4v) is 3.35. The Morgan fingerprint density at radius 2 is 1.59 bits per heavy atom. The summed E-state index contributed by atoms with van der Waals surface area (Å²) in [5.41, 5.74) is 6.93. The Morgan fingerprint density at radius 3 is 2.07 bits per heavy atom. The molecule has 0 aromatic heterocycles. The summed E-state index contributed by atoms with van der Waals surface area (Å²) in [5, 5.41) is 0. The second-order valence-corrected chi connectivity index (χ2v) is 8.25. The Labute approximate surface area is 182 Å². The van der Waals surface area contributed by atoms with Crippen molar-refractivity contribution in [3.63, 3.8) is 0 Å². The summed E-state index contributed by atoms with van der Waals surface area (Å²) in [6.07, 6.45) is 13.9. The summed E-state index contributed by atoms with van der Waals surface area (Å²) in [7, 11) is 2.21. The zero-order chi connectivity index (χ0) is 22.6. The average molecular weight is 393 g/mol. The summed E-state index contributed by atoms with van der Waals surface area (Å²) >= 11 is 0. The molecule has 0 saturated carbocycles. The minimum atomic E-state index is 0.0830. The summed E-state index contributed by atoms with van der Waals surface area (Å²) in [4.78, 5) is 2.40. The molecule has 0 aliphatic carbocycles. The highest BCUT2D eigenvalue weighted by Gasteiger charge is 2.26. The number of nitrogens with zero attached hydrogens (tertiary/aromatic N) is 1. The van der Waals surface area contributed by atoms with Crippen LogP contribution in [0.15, 0.2) is 65.8 Å². The van der Waals surface area contributed by atoms with Crippen molar-refractivity contribution < 1.29 is 0 Å². The number of rotatable bonds is 7. The van der Waals surface area contributed by atoms with Gasteiger partial charge in [-0.25, -0.2) is 0 Å². The van der Waals surface area contributed by atoms with Crippen LogP contribution in [0, 0.1) is 0 Å². The van der Waals surface area contributed by atoms with Gasteiger partial charge >= 0.3 is 0 Å². The van der Waals surface area contributed by atoms with Crippen LogP contribution in [0.4, 0.5) is 5.69 Å². The van der Waals surface area contributed by atoms with Crippen molar-refractivity contribution in [3.05, 3.63) is 71.4 Å². The molecule has 0 aliphatic rings. The van der Waals surface area contributed by atoms with Crippen LogP contribution >= 0.6 is 0 Å². The summed E-state index contributed by atoms with van der Waals surface area (Å²) in [6.45, 7) is 22.2. The second kappa shape index (κ2) is 13.3. The highest BCUT2D eigenvalue weighted by molar-refractivity contribution is 6.79. The maximum absolute atomic E-state index is 2.40. The van der Waals surface area contributed by atoms with E-state index in [1.54, 1.807) is 0 Å². The molecule has 160 valence electrons. The second-order valence-electron chi connectivity index (χ2n) is 8.25. The van der Waals surface area contributed by atoms with Crippen LogP contribution in [-0.2, 0) is 5.41 Å². The van der Waals surface area contributed by atoms with E-state index in [2.05, 4.69) is 122 Å². The molecule has 0 heterocycles. The summed E-state index contributed by atoms with van der Waals surface area (Å²) in [6, 6.07) is 6.80. The van der Waals surface area contributed by atoms with E-state index in [4.69, 9.17) is 0 Å². The van der Waals surface area contributed by atoms with Gasteiger partial charge in [-0.3, -0.25) is 0 Å². The van der Waals surface area contributed by atoms with E-state index in [-0.39, 0.29) is 5.41 Å². The smallest absolute Gasteiger partial charge is 0.203 e. The molecule has 0 amide bonds. The number of benzene rings is 1. The van der Waals surface area contributed by atoms with Gasteiger partial charge in [0.05, 0.1) is 0 Å². The monoisotopic (exact) mass is 393 g/mol. The maximum atomic E-state index is 2.40. The standard InChI is InChI=1S/C25H38BN.C2H6/c1-10-13-16-20(4)26(8)23-19-15-18-22(25(5,6)7)24(23)27(9)21(12-3)17-14-11-2;1-2/h10-11,13-19H,12H2,1-9H3;1-2H3/b13-10-,14-11-,20-16+,21-17+;. The third-order valence-electron chi connectivity index (χ3n) is 5.19. The van der Waals surface area contributed by atoms with Crippen LogP contribution in [-0.4, -0.2) is 13.8 Å². The maximum Gasteiger partial charge on any atom is 0.203 e. The van der Waals surface area contributed by atoms with Crippen LogP contribution in [0.1, 0.15) is 74.3 Å². The Balaban J connectivity index is 0.00000379. The average Bonchev–Trinajstić information content (AvgIpc) is 2.72. The Hall–Kier alpha value is -1.96. The van der Waals surface area contributed by atoms with Crippen molar-refractivity contribution in [3.8, 4) is 0 Å². The minimum Gasteiger partial charge on any atom is -0.348 e. The van der Waals surface area contributed by atoms with Crippen molar-refractivity contribution >= 4 is 17.9 Å². The van der Waals surface area contributed by atoms with E-state index in [9.17, 15) is 0 Å². The molecule has 0 spiro atoms. The molecule has 1 rings (SSSR count). The SMILES string of the molecule is C/C=C\C=C(/C)B(C)c1cccc(C(C)(C)C)c1N(C)/C(=C/C=C\C)CC.CC. The number of allylic oxidation sites excluding steroid dienone is 8. The molecule has 0 radical (unpaired) electrons. The molecule has 2 heteroatoms. The van der Waals surface area contributed by atoms with Gasteiger partial charge in [0.25, 0.3) is 0 Å². The Morgan fingerprint density at radius 1 is 1.03 bits per heavy atom. The molecule has 1 aromatic rings. The van der Waals surface area contributed by atoms with Crippen molar-refractivity contribution in [1.29, 1.82) is 0 Å².